The van der Waals surface area contributed by atoms with Crippen LogP contribution >= 0.6 is 0 Å². The highest BCUT2D eigenvalue weighted by atomic mass is 17.2. The van der Waals surface area contributed by atoms with Crippen molar-refractivity contribution in [2.24, 2.45) is 0 Å². The van der Waals surface area contributed by atoms with Crippen molar-refractivity contribution in [1.82, 2.24) is 14.6 Å². The second-order valence-corrected chi connectivity index (χ2v) is 3.71. The van der Waals surface area contributed by atoms with E-state index >= 15 is 0 Å². The summed E-state index contributed by atoms with van der Waals surface area (Å²) in [6, 6.07) is 3.94. The van der Waals surface area contributed by atoms with Gasteiger partial charge in [0, 0.05) is 5.82 Å². The molecule has 0 bridgehead atoms. The number of aromatic nitrogens is 3. The number of imidazole rings is 1. The second kappa shape index (κ2) is 3.32. The van der Waals surface area contributed by atoms with Gasteiger partial charge < -0.3 is 4.81 Å². The number of hydrogen-bond acceptors (Lipinski definition) is 4. The molecule has 0 spiro atoms. The van der Waals surface area contributed by atoms with E-state index in [2.05, 4.69) is 10.1 Å². The van der Waals surface area contributed by atoms with Gasteiger partial charge in [-0.3, -0.25) is 4.89 Å². The van der Waals surface area contributed by atoms with E-state index in [-0.39, 0.29) is 5.82 Å². The molecule has 0 amide bonds. The van der Waals surface area contributed by atoms with Gasteiger partial charge in [-0.1, -0.05) is 0 Å². The third kappa shape index (κ3) is 1.51. The molecule has 0 aromatic carbocycles. The lowest BCUT2D eigenvalue weighted by molar-refractivity contribution is -0.183. The lowest BCUT2D eigenvalue weighted by Crippen LogP contribution is -2.08. The van der Waals surface area contributed by atoms with Crippen LogP contribution in [0.3, 0.4) is 0 Å². The van der Waals surface area contributed by atoms with E-state index in [1.54, 1.807) is 4.52 Å². The maximum atomic E-state index is 4.86. The predicted octanol–water partition coefficient (Wildman–Crippen LogP) is 0.392. The SMILES string of the molecule is Cc1cn2nc(C3BOOC3)ccc2n1. The predicted molar refractivity (Wildman–Crippen MR) is 54.7 cm³/mol. The first-order valence-electron chi connectivity index (χ1n) is 4.90. The van der Waals surface area contributed by atoms with Crippen LogP contribution in [-0.4, -0.2) is 28.7 Å². The lowest BCUT2D eigenvalue weighted by Gasteiger charge is -2.03. The molecule has 1 saturated heterocycles. The van der Waals surface area contributed by atoms with Crippen LogP contribution in [0.2, 0.25) is 0 Å². The van der Waals surface area contributed by atoms with Gasteiger partial charge in [0.15, 0.2) is 5.65 Å². The van der Waals surface area contributed by atoms with Crippen LogP contribution in [0.25, 0.3) is 5.65 Å². The topological polar surface area (TPSA) is 48.7 Å². The lowest BCUT2D eigenvalue weighted by atomic mass is 9.79. The number of aryl methyl sites for hydroxylation is 1. The van der Waals surface area contributed by atoms with E-state index in [1.165, 1.54) is 0 Å². The van der Waals surface area contributed by atoms with Crippen LogP contribution in [0.15, 0.2) is 18.3 Å². The summed E-state index contributed by atoms with van der Waals surface area (Å²) >= 11 is 0. The Morgan fingerprint density at radius 3 is 3.27 bits per heavy atom. The van der Waals surface area contributed by atoms with Gasteiger partial charge in [0.2, 0.25) is 0 Å². The molecule has 5 nitrogen and oxygen atoms in total. The smallest absolute Gasteiger partial charge is 0.309 e. The first-order chi connectivity index (χ1) is 7.33. The van der Waals surface area contributed by atoms with Crippen LogP contribution < -0.4 is 0 Å². The monoisotopic (exact) mass is 203 g/mol. The zero-order valence-electron chi connectivity index (χ0n) is 8.38. The molecular formula is C9H10BN3O2. The summed E-state index contributed by atoms with van der Waals surface area (Å²) in [4.78, 5) is 14.0. The van der Waals surface area contributed by atoms with Crippen LogP contribution in [0.5, 0.6) is 0 Å². The maximum Gasteiger partial charge on any atom is 0.334 e. The maximum absolute atomic E-state index is 4.86. The minimum Gasteiger partial charge on any atom is -0.309 e. The van der Waals surface area contributed by atoms with Crippen molar-refractivity contribution < 1.29 is 9.69 Å². The molecular weight excluding hydrogens is 193 g/mol. The largest absolute Gasteiger partial charge is 0.334 e. The van der Waals surface area contributed by atoms with Crippen LogP contribution in [0.1, 0.15) is 17.2 Å². The fourth-order valence-electron chi connectivity index (χ4n) is 1.71. The molecule has 1 aliphatic rings. The van der Waals surface area contributed by atoms with E-state index in [0.717, 1.165) is 17.0 Å². The molecule has 0 saturated carbocycles. The summed E-state index contributed by atoms with van der Waals surface area (Å²) in [5.41, 5.74) is 2.83. The third-order valence-corrected chi connectivity index (χ3v) is 2.50. The second-order valence-electron chi connectivity index (χ2n) is 3.71. The molecule has 15 heavy (non-hydrogen) atoms. The van der Waals surface area contributed by atoms with Crippen molar-refractivity contribution in [2.75, 3.05) is 6.61 Å². The highest BCUT2D eigenvalue weighted by Crippen LogP contribution is 2.18. The average Bonchev–Trinajstić information content (AvgIpc) is 2.82. The molecule has 1 unspecified atom stereocenters. The minimum absolute atomic E-state index is 0.233. The fourth-order valence-corrected chi connectivity index (χ4v) is 1.71. The van der Waals surface area contributed by atoms with Gasteiger partial charge in [-0.2, -0.15) is 5.10 Å². The Hall–Kier alpha value is -1.40. The fraction of sp³-hybridized carbons (Fsp3) is 0.333. The first-order valence-corrected chi connectivity index (χ1v) is 4.90. The molecule has 6 heteroatoms. The van der Waals surface area contributed by atoms with Crippen molar-refractivity contribution in [3.63, 3.8) is 0 Å². The molecule has 2 aromatic rings. The summed E-state index contributed by atoms with van der Waals surface area (Å²) in [7, 11) is 0.576. The van der Waals surface area contributed by atoms with Crippen molar-refractivity contribution in [3.8, 4) is 0 Å². The Kier molecular flexibility index (Phi) is 1.97. The number of hydrogen-bond donors (Lipinski definition) is 0. The zero-order chi connectivity index (χ0) is 10.3. The van der Waals surface area contributed by atoms with Gasteiger partial charge in [0.1, 0.15) is 0 Å². The van der Waals surface area contributed by atoms with E-state index in [4.69, 9.17) is 9.69 Å². The molecule has 76 valence electrons. The summed E-state index contributed by atoms with van der Waals surface area (Å²) in [6.45, 7) is 2.53. The Morgan fingerprint density at radius 2 is 2.47 bits per heavy atom. The van der Waals surface area contributed by atoms with Gasteiger partial charge >= 0.3 is 7.48 Å². The third-order valence-electron chi connectivity index (χ3n) is 2.50. The number of rotatable bonds is 1. The molecule has 0 N–H and O–H groups in total. The molecule has 3 heterocycles. The molecule has 3 rings (SSSR count). The quantitative estimate of drug-likeness (QED) is 0.496. The Morgan fingerprint density at radius 1 is 1.53 bits per heavy atom. The summed E-state index contributed by atoms with van der Waals surface area (Å²) < 4.78 is 1.79. The van der Waals surface area contributed by atoms with Crippen molar-refractivity contribution in [2.45, 2.75) is 12.7 Å². The Labute approximate surface area is 87.2 Å². The van der Waals surface area contributed by atoms with Gasteiger partial charge in [0.25, 0.3) is 0 Å². The zero-order valence-corrected chi connectivity index (χ0v) is 8.38. The first kappa shape index (κ1) is 8.88. The van der Waals surface area contributed by atoms with E-state index in [0.29, 0.717) is 14.1 Å². The molecule has 0 aliphatic carbocycles. The summed E-state index contributed by atoms with van der Waals surface area (Å²) in [5, 5.41) is 4.47. The van der Waals surface area contributed by atoms with Crippen molar-refractivity contribution >= 4 is 13.1 Å². The van der Waals surface area contributed by atoms with Gasteiger partial charge in [-0.05, 0) is 19.1 Å². The van der Waals surface area contributed by atoms with Crippen molar-refractivity contribution in [3.05, 3.63) is 29.7 Å². The van der Waals surface area contributed by atoms with Gasteiger partial charge in [-0.25, -0.2) is 9.50 Å². The molecule has 1 fully saturated rings. The standard InChI is InChI=1S/C9H10BN3O2/c1-6-4-13-9(11-6)3-2-8(12-13)7-5-14-15-10-7/h2-4,7,10H,5H2,1H3. The number of nitrogens with zero attached hydrogens (tertiary/aromatic N) is 3. The molecule has 2 aromatic heterocycles. The minimum atomic E-state index is 0.233. The molecule has 0 radical (unpaired) electrons. The van der Waals surface area contributed by atoms with Crippen LogP contribution in [0.4, 0.5) is 0 Å². The van der Waals surface area contributed by atoms with Crippen LogP contribution in [-0.2, 0) is 9.69 Å². The van der Waals surface area contributed by atoms with Gasteiger partial charge in [0.05, 0.1) is 24.2 Å². The normalized spacial score (nSPS) is 20.7. The number of fused-ring (bicyclic) bond motifs is 1. The van der Waals surface area contributed by atoms with Gasteiger partial charge in [-0.15, -0.1) is 0 Å². The van der Waals surface area contributed by atoms with Crippen LogP contribution in [0, 0.1) is 6.92 Å². The summed E-state index contributed by atoms with van der Waals surface area (Å²) in [6.07, 6.45) is 1.91. The average molecular weight is 203 g/mol. The highest BCUT2D eigenvalue weighted by molar-refractivity contribution is 6.30. The van der Waals surface area contributed by atoms with Crippen molar-refractivity contribution in [1.29, 1.82) is 0 Å². The highest BCUT2D eigenvalue weighted by Gasteiger charge is 2.23. The molecule has 1 aliphatic heterocycles. The van der Waals surface area contributed by atoms with E-state index < -0.39 is 0 Å². The summed E-state index contributed by atoms with van der Waals surface area (Å²) in [5.74, 6) is 0.233. The Balaban J connectivity index is 2.04. The van der Waals surface area contributed by atoms with E-state index in [9.17, 15) is 0 Å². The van der Waals surface area contributed by atoms with E-state index in [1.807, 2.05) is 25.3 Å². The Bertz CT molecular complexity index is 493. The molecule has 1 atom stereocenters.